The van der Waals surface area contributed by atoms with Crippen molar-refractivity contribution < 1.29 is 8.42 Å². The number of nitrogens with one attached hydrogen (secondary N) is 1. The van der Waals surface area contributed by atoms with Crippen molar-refractivity contribution in [1.29, 1.82) is 0 Å². The van der Waals surface area contributed by atoms with Crippen LogP contribution in [0.3, 0.4) is 0 Å². The van der Waals surface area contributed by atoms with E-state index >= 15 is 0 Å². The summed E-state index contributed by atoms with van der Waals surface area (Å²) < 4.78 is 24.5. The lowest BCUT2D eigenvalue weighted by atomic mass is 10.1. The maximum absolute atomic E-state index is 11.4. The van der Waals surface area contributed by atoms with Crippen LogP contribution in [0.25, 0.3) is 5.65 Å². The Balaban J connectivity index is 1.71. The topological polar surface area (TPSA) is 76.4 Å². The van der Waals surface area contributed by atoms with Gasteiger partial charge in [0, 0.05) is 12.2 Å². The van der Waals surface area contributed by atoms with Crippen LogP contribution in [0.4, 0.5) is 5.95 Å². The first-order chi connectivity index (χ1) is 9.03. The Morgan fingerprint density at radius 1 is 1.47 bits per heavy atom. The molecule has 0 radical (unpaired) electrons. The number of aryl methyl sites for hydroxylation is 1. The van der Waals surface area contributed by atoms with Crippen LogP contribution in [-0.2, 0) is 9.84 Å². The third kappa shape index (κ3) is 2.56. The second-order valence-electron chi connectivity index (χ2n) is 5.02. The van der Waals surface area contributed by atoms with E-state index in [0.717, 1.165) is 17.8 Å². The molecule has 1 N–H and O–H groups in total. The van der Waals surface area contributed by atoms with Crippen LogP contribution < -0.4 is 5.32 Å². The lowest BCUT2D eigenvalue weighted by Gasteiger charge is -2.06. The number of sulfone groups is 1. The fourth-order valence-corrected chi connectivity index (χ4v) is 4.24. The Bertz CT molecular complexity index is 708. The zero-order valence-corrected chi connectivity index (χ0v) is 11.5. The molecular formula is C12H16N4O2S. The molecule has 0 spiro atoms. The summed E-state index contributed by atoms with van der Waals surface area (Å²) in [4.78, 5) is 4.36. The highest BCUT2D eigenvalue weighted by Crippen LogP contribution is 2.18. The fourth-order valence-electron chi connectivity index (χ4n) is 2.38. The van der Waals surface area contributed by atoms with E-state index < -0.39 is 9.84 Å². The number of hydrogen-bond donors (Lipinski definition) is 1. The summed E-state index contributed by atoms with van der Waals surface area (Å²) in [5, 5.41) is 7.49. The first-order valence-corrected chi connectivity index (χ1v) is 8.12. The molecule has 1 unspecified atom stereocenters. The minimum Gasteiger partial charge on any atom is -0.353 e. The molecule has 1 fully saturated rings. The summed E-state index contributed by atoms with van der Waals surface area (Å²) in [5.41, 5.74) is 1.81. The van der Waals surface area contributed by atoms with Gasteiger partial charge in [-0.15, -0.1) is 5.10 Å². The Morgan fingerprint density at radius 3 is 3.00 bits per heavy atom. The van der Waals surface area contributed by atoms with Crippen molar-refractivity contribution in [3.05, 3.63) is 23.9 Å². The number of aromatic nitrogens is 3. The van der Waals surface area contributed by atoms with Crippen molar-refractivity contribution in [2.45, 2.75) is 13.3 Å². The molecule has 2 aromatic heterocycles. The van der Waals surface area contributed by atoms with Crippen molar-refractivity contribution in [3.8, 4) is 0 Å². The molecule has 1 aliphatic heterocycles. The van der Waals surface area contributed by atoms with Crippen LogP contribution in [0.2, 0.25) is 0 Å². The molecular weight excluding hydrogens is 264 g/mol. The molecule has 3 rings (SSSR count). The molecule has 6 nitrogen and oxygen atoms in total. The minimum absolute atomic E-state index is 0.165. The maximum Gasteiger partial charge on any atom is 0.243 e. The highest BCUT2D eigenvalue weighted by molar-refractivity contribution is 7.91. The lowest BCUT2D eigenvalue weighted by molar-refractivity contribution is 0.595. The van der Waals surface area contributed by atoms with E-state index in [1.54, 1.807) is 4.52 Å². The molecule has 102 valence electrons. The third-order valence-corrected chi connectivity index (χ3v) is 5.26. The number of nitrogens with zero attached hydrogens (tertiary/aromatic N) is 3. The van der Waals surface area contributed by atoms with Crippen LogP contribution in [0.5, 0.6) is 0 Å². The summed E-state index contributed by atoms with van der Waals surface area (Å²) in [6.07, 6.45) is 0.724. The zero-order valence-electron chi connectivity index (χ0n) is 10.7. The standard InChI is InChI=1S/C12H16N4O2S/c1-9-3-2-4-11-14-12(15-16(9)11)13-7-10-5-6-19(17,18)8-10/h2-4,10H,5-8H2,1H3,(H,13,15). The molecule has 7 heteroatoms. The maximum atomic E-state index is 11.4. The van der Waals surface area contributed by atoms with E-state index in [4.69, 9.17) is 0 Å². The smallest absolute Gasteiger partial charge is 0.243 e. The van der Waals surface area contributed by atoms with Gasteiger partial charge in [-0.1, -0.05) is 6.07 Å². The van der Waals surface area contributed by atoms with E-state index in [-0.39, 0.29) is 11.7 Å². The fraction of sp³-hybridized carbons (Fsp3) is 0.500. The molecule has 1 aliphatic rings. The van der Waals surface area contributed by atoms with E-state index in [9.17, 15) is 8.42 Å². The molecule has 2 aromatic rings. The normalized spacial score (nSPS) is 21.8. The van der Waals surface area contributed by atoms with Gasteiger partial charge in [0.15, 0.2) is 15.5 Å². The van der Waals surface area contributed by atoms with Gasteiger partial charge < -0.3 is 5.32 Å². The molecule has 0 bridgehead atoms. The van der Waals surface area contributed by atoms with Crippen LogP contribution in [0, 0.1) is 12.8 Å². The average Bonchev–Trinajstić information content (AvgIpc) is 2.91. The van der Waals surface area contributed by atoms with Crippen LogP contribution in [-0.4, -0.2) is 41.1 Å². The molecule has 1 atom stereocenters. The van der Waals surface area contributed by atoms with Crippen molar-refractivity contribution >= 4 is 21.4 Å². The second-order valence-corrected chi connectivity index (χ2v) is 7.25. The number of rotatable bonds is 3. The molecule has 3 heterocycles. The Morgan fingerprint density at radius 2 is 2.32 bits per heavy atom. The summed E-state index contributed by atoms with van der Waals surface area (Å²) in [6, 6.07) is 5.80. The average molecular weight is 280 g/mol. The first-order valence-electron chi connectivity index (χ1n) is 6.30. The van der Waals surface area contributed by atoms with Gasteiger partial charge in [-0.2, -0.15) is 4.98 Å². The number of anilines is 1. The van der Waals surface area contributed by atoms with Gasteiger partial charge in [0.05, 0.1) is 11.5 Å². The molecule has 0 saturated carbocycles. The van der Waals surface area contributed by atoms with Crippen LogP contribution in [0.15, 0.2) is 18.2 Å². The number of hydrogen-bond acceptors (Lipinski definition) is 5. The van der Waals surface area contributed by atoms with Crippen molar-refractivity contribution in [2.24, 2.45) is 5.92 Å². The lowest BCUT2D eigenvalue weighted by Crippen LogP contribution is -2.16. The van der Waals surface area contributed by atoms with E-state index in [1.807, 2.05) is 25.1 Å². The van der Waals surface area contributed by atoms with E-state index in [1.165, 1.54) is 0 Å². The largest absolute Gasteiger partial charge is 0.353 e. The third-order valence-electron chi connectivity index (χ3n) is 3.42. The molecule has 1 saturated heterocycles. The van der Waals surface area contributed by atoms with Gasteiger partial charge >= 0.3 is 0 Å². The Labute approximate surface area is 111 Å². The number of pyridine rings is 1. The predicted molar refractivity (Wildman–Crippen MR) is 73.0 cm³/mol. The Kier molecular flexibility index (Phi) is 2.93. The van der Waals surface area contributed by atoms with E-state index in [2.05, 4.69) is 15.4 Å². The van der Waals surface area contributed by atoms with Gasteiger partial charge in [0.2, 0.25) is 5.95 Å². The van der Waals surface area contributed by atoms with Gasteiger partial charge in [-0.25, -0.2) is 12.9 Å². The zero-order chi connectivity index (χ0) is 13.5. The summed E-state index contributed by atoms with van der Waals surface area (Å²) in [6.45, 7) is 2.57. The first kappa shape index (κ1) is 12.4. The van der Waals surface area contributed by atoms with Gasteiger partial charge in [0.25, 0.3) is 0 Å². The van der Waals surface area contributed by atoms with Crippen molar-refractivity contribution in [3.63, 3.8) is 0 Å². The second kappa shape index (κ2) is 4.48. The predicted octanol–water partition coefficient (Wildman–Crippen LogP) is 0.884. The van der Waals surface area contributed by atoms with Crippen LogP contribution >= 0.6 is 0 Å². The quantitative estimate of drug-likeness (QED) is 0.903. The monoisotopic (exact) mass is 280 g/mol. The summed E-state index contributed by atoms with van der Waals surface area (Å²) in [5.74, 6) is 1.29. The van der Waals surface area contributed by atoms with Gasteiger partial charge in [-0.3, -0.25) is 0 Å². The van der Waals surface area contributed by atoms with Crippen molar-refractivity contribution in [2.75, 3.05) is 23.4 Å². The van der Waals surface area contributed by atoms with Crippen molar-refractivity contribution in [1.82, 2.24) is 14.6 Å². The van der Waals surface area contributed by atoms with E-state index in [0.29, 0.717) is 18.2 Å². The highest BCUT2D eigenvalue weighted by Gasteiger charge is 2.27. The molecule has 19 heavy (non-hydrogen) atoms. The molecule has 0 amide bonds. The SMILES string of the molecule is Cc1cccc2nc(NCC3CCS(=O)(=O)C3)nn12. The summed E-state index contributed by atoms with van der Waals surface area (Å²) in [7, 11) is -2.82. The summed E-state index contributed by atoms with van der Waals surface area (Å²) >= 11 is 0. The molecule has 0 aliphatic carbocycles. The van der Waals surface area contributed by atoms with Crippen LogP contribution in [0.1, 0.15) is 12.1 Å². The highest BCUT2D eigenvalue weighted by atomic mass is 32.2. The van der Waals surface area contributed by atoms with Gasteiger partial charge in [0.1, 0.15) is 0 Å². The van der Waals surface area contributed by atoms with Gasteiger partial charge in [-0.05, 0) is 31.4 Å². The minimum atomic E-state index is -2.82. The molecule has 0 aromatic carbocycles. The number of fused-ring (bicyclic) bond motifs is 1. The Hall–Kier alpha value is -1.63.